The lowest BCUT2D eigenvalue weighted by Gasteiger charge is -2.13. The Morgan fingerprint density at radius 3 is 2.10 bits per heavy atom. The van der Waals surface area contributed by atoms with E-state index in [-0.39, 0.29) is 18.3 Å². The summed E-state index contributed by atoms with van der Waals surface area (Å²) in [7, 11) is 0. The van der Waals surface area contributed by atoms with E-state index in [1.807, 2.05) is 18.2 Å². The van der Waals surface area contributed by atoms with Crippen molar-refractivity contribution in [1.82, 2.24) is 9.97 Å². The van der Waals surface area contributed by atoms with Crippen LogP contribution in [0, 0.1) is 13.8 Å². The number of para-hydroxylation sites is 1. The first-order chi connectivity index (χ1) is 13.7. The van der Waals surface area contributed by atoms with Crippen LogP contribution in [0.1, 0.15) is 22.5 Å². The van der Waals surface area contributed by atoms with Gasteiger partial charge < -0.3 is 10.1 Å². The van der Waals surface area contributed by atoms with Crippen LogP contribution in [0.15, 0.2) is 54.6 Å². The highest BCUT2D eigenvalue weighted by Gasteiger charge is 2.30. The molecule has 0 aliphatic rings. The summed E-state index contributed by atoms with van der Waals surface area (Å²) in [5.74, 6) is 0.210. The van der Waals surface area contributed by atoms with Crippen LogP contribution >= 0.6 is 0 Å². The molecular weight excluding hydrogens is 383 g/mol. The third kappa shape index (κ3) is 5.31. The molecule has 0 spiro atoms. The molecule has 5 nitrogen and oxygen atoms in total. The number of amides is 1. The topological polar surface area (TPSA) is 64.1 Å². The zero-order valence-electron chi connectivity index (χ0n) is 15.7. The van der Waals surface area contributed by atoms with Gasteiger partial charge in [0, 0.05) is 0 Å². The van der Waals surface area contributed by atoms with Gasteiger partial charge in [-0.2, -0.15) is 23.1 Å². The number of rotatable bonds is 5. The molecule has 0 fully saturated rings. The van der Waals surface area contributed by atoms with Crippen molar-refractivity contribution in [3.05, 3.63) is 77.1 Å². The Morgan fingerprint density at radius 2 is 1.55 bits per heavy atom. The standard InChI is InChI=1S/C21H18F3N3O2/c1-13-19(14(2)26-20(25-13)29-17-6-4-3-5-7-17)27-18(28)12-15-8-10-16(11-9-15)21(22,23)24/h3-11H,12H2,1-2H3,(H,27,28). The number of aryl methyl sites for hydroxylation is 2. The molecular formula is C21H18F3N3O2. The van der Waals surface area contributed by atoms with E-state index in [9.17, 15) is 18.0 Å². The number of alkyl halides is 3. The van der Waals surface area contributed by atoms with Crippen LogP contribution in [0.4, 0.5) is 18.9 Å². The van der Waals surface area contributed by atoms with Gasteiger partial charge >= 0.3 is 12.2 Å². The minimum Gasteiger partial charge on any atom is -0.424 e. The van der Waals surface area contributed by atoms with E-state index < -0.39 is 11.7 Å². The highest BCUT2D eigenvalue weighted by molar-refractivity contribution is 5.93. The molecule has 3 rings (SSSR count). The van der Waals surface area contributed by atoms with Crippen LogP contribution in [0.25, 0.3) is 0 Å². The summed E-state index contributed by atoms with van der Waals surface area (Å²) < 4.78 is 43.5. The van der Waals surface area contributed by atoms with Crippen molar-refractivity contribution in [2.75, 3.05) is 5.32 Å². The number of hydrogen-bond acceptors (Lipinski definition) is 4. The monoisotopic (exact) mass is 401 g/mol. The number of ether oxygens (including phenoxy) is 1. The maximum Gasteiger partial charge on any atom is 0.416 e. The molecule has 0 aliphatic carbocycles. The highest BCUT2D eigenvalue weighted by Crippen LogP contribution is 2.29. The second kappa shape index (κ2) is 8.30. The van der Waals surface area contributed by atoms with E-state index in [1.54, 1.807) is 26.0 Å². The number of aromatic nitrogens is 2. The number of carbonyl (C=O) groups excluding carboxylic acids is 1. The number of benzene rings is 2. The molecule has 0 saturated heterocycles. The first-order valence-corrected chi connectivity index (χ1v) is 8.76. The molecule has 0 bridgehead atoms. The van der Waals surface area contributed by atoms with E-state index in [1.165, 1.54) is 12.1 Å². The van der Waals surface area contributed by atoms with Crippen LogP contribution in [-0.2, 0) is 17.4 Å². The predicted molar refractivity (Wildman–Crippen MR) is 102 cm³/mol. The molecule has 2 aromatic carbocycles. The fraction of sp³-hybridized carbons (Fsp3) is 0.190. The lowest BCUT2D eigenvalue weighted by molar-refractivity contribution is -0.137. The number of anilines is 1. The fourth-order valence-corrected chi connectivity index (χ4v) is 2.69. The smallest absolute Gasteiger partial charge is 0.416 e. The van der Waals surface area contributed by atoms with Crippen LogP contribution in [0.5, 0.6) is 11.8 Å². The summed E-state index contributed by atoms with van der Waals surface area (Å²) in [6, 6.07) is 13.7. The van der Waals surface area contributed by atoms with Crippen molar-refractivity contribution in [3.8, 4) is 11.8 Å². The SMILES string of the molecule is Cc1nc(Oc2ccccc2)nc(C)c1NC(=O)Cc1ccc(C(F)(F)F)cc1. The second-order valence-corrected chi connectivity index (χ2v) is 6.39. The maximum absolute atomic E-state index is 12.6. The van der Waals surface area contributed by atoms with E-state index in [0.717, 1.165) is 12.1 Å². The van der Waals surface area contributed by atoms with Crippen LogP contribution < -0.4 is 10.1 Å². The summed E-state index contributed by atoms with van der Waals surface area (Å²) in [4.78, 5) is 20.8. The molecule has 3 aromatic rings. The molecule has 0 radical (unpaired) electrons. The maximum atomic E-state index is 12.6. The zero-order chi connectivity index (χ0) is 21.0. The van der Waals surface area contributed by atoms with Crippen LogP contribution in [0.2, 0.25) is 0 Å². The summed E-state index contributed by atoms with van der Waals surface area (Å²) in [6.07, 6.45) is -4.48. The lowest BCUT2D eigenvalue weighted by atomic mass is 10.1. The number of hydrogen-bond donors (Lipinski definition) is 1. The van der Waals surface area contributed by atoms with Crippen molar-refractivity contribution in [3.63, 3.8) is 0 Å². The van der Waals surface area contributed by atoms with E-state index in [2.05, 4.69) is 15.3 Å². The molecule has 0 aliphatic heterocycles. The van der Waals surface area contributed by atoms with Gasteiger partial charge in [0.25, 0.3) is 0 Å². The molecule has 1 aromatic heterocycles. The quantitative estimate of drug-likeness (QED) is 0.647. The molecule has 1 heterocycles. The molecule has 8 heteroatoms. The first kappa shape index (κ1) is 20.3. The van der Waals surface area contributed by atoms with E-state index >= 15 is 0 Å². The lowest BCUT2D eigenvalue weighted by Crippen LogP contribution is -2.17. The number of carbonyl (C=O) groups is 1. The third-order valence-corrected chi connectivity index (χ3v) is 4.11. The summed E-state index contributed by atoms with van der Waals surface area (Å²) in [6.45, 7) is 3.42. The normalized spacial score (nSPS) is 11.2. The molecule has 1 amide bonds. The minimum absolute atomic E-state index is 0.0702. The molecule has 29 heavy (non-hydrogen) atoms. The van der Waals surface area contributed by atoms with Crippen molar-refractivity contribution in [1.29, 1.82) is 0 Å². The second-order valence-electron chi connectivity index (χ2n) is 6.39. The first-order valence-electron chi connectivity index (χ1n) is 8.76. The zero-order valence-corrected chi connectivity index (χ0v) is 15.7. The highest BCUT2D eigenvalue weighted by atomic mass is 19.4. The van der Waals surface area contributed by atoms with Gasteiger partial charge in [0.15, 0.2) is 0 Å². The Bertz CT molecular complexity index is 981. The van der Waals surface area contributed by atoms with Gasteiger partial charge in [-0.1, -0.05) is 30.3 Å². The summed E-state index contributed by atoms with van der Waals surface area (Å²) in [5.41, 5.74) is 1.20. The van der Waals surface area contributed by atoms with E-state index in [0.29, 0.717) is 28.4 Å². The van der Waals surface area contributed by atoms with Crippen LogP contribution in [-0.4, -0.2) is 15.9 Å². The summed E-state index contributed by atoms with van der Waals surface area (Å²) >= 11 is 0. The number of halogens is 3. The van der Waals surface area contributed by atoms with Gasteiger partial charge in [-0.3, -0.25) is 4.79 Å². The average molecular weight is 401 g/mol. The molecule has 150 valence electrons. The average Bonchev–Trinajstić information content (AvgIpc) is 2.65. The number of nitrogens with one attached hydrogen (secondary N) is 1. The van der Waals surface area contributed by atoms with Gasteiger partial charge in [-0.15, -0.1) is 0 Å². The fourth-order valence-electron chi connectivity index (χ4n) is 2.69. The van der Waals surface area contributed by atoms with E-state index in [4.69, 9.17) is 4.74 Å². The Hall–Kier alpha value is -3.42. The van der Waals surface area contributed by atoms with Gasteiger partial charge in [-0.25, -0.2) is 0 Å². The van der Waals surface area contributed by atoms with Crippen molar-refractivity contribution < 1.29 is 22.7 Å². The van der Waals surface area contributed by atoms with Crippen molar-refractivity contribution >= 4 is 11.6 Å². The van der Waals surface area contributed by atoms with Crippen molar-refractivity contribution in [2.24, 2.45) is 0 Å². The van der Waals surface area contributed by atoms with Gasteiger partial charge in [0.05, 0.1) is 29.1 Å². The predicted octanol–water partition coefficient (Wildman–Crippen LogP) is 5.09. The van der Waals surface area contributed by atoms with Crippen molar-refractivity contribution in [2.45, 2.75) is 26.4 Å². The van der Waals surface area contributed by atoms with Crippen LogP contribution in [0.3, 0.4) is 0 Å². The molecule has 0 unspecified atom stereocenters. The Kier molecular flexibility index (Phi) is 5.81. The number of nitrogens with zero attached hydrogens (tertiary/aromatic N) is 2. The molecule has 1 N–H and O–H groups in total. The Morgan fingerprint density at radius 1 is 0.966 bits per heavy atom. The molecule has 0 saturated carbocycles. The molecule has 0 atom stereocenters. The largest absolute Gasteiger partial charge is 0.424 e. The minimum atomic E-state index is -4.41. The Balaban J connectivity index is 1.68. The third-order valence-electron chi connectivity index (χ3n) is 4.11. The van der Waals surface area contributed by atoms with Gasteiger partial charge in [-0.05, 0) is 43.7 Å². The van der Waals surface area contributed by atoms with Gasteiger partial charge in [0.1, 0.15) is 5.75 Å². The van der Waals surface area contributed by atoms with Gasteiger partial charge in [0.2, 0.25) is 5.91 Å². The summed E-state index contributed by atoms with van der Waals surface area (Å²) in [5, 5.41) is 2.72. The Labute approximate surface area is 165 Å².